The maximum atomic E-state index is 5.42. The highest BCUT2D eigenvalue weighted by Gasteiger charge is 2.14. The third-order valence-electron chi connectivity index (χ3n) is 2.12. The summed E-state index contributed by atoms with van der Waals surface area (Å²) in [6.07, 6.45) is 3.71. The molecule has 1 aliphatic rings. The first-order chi connectivity index (χ1) is 7.29. The molecule has 0 bridgehead atoms. The molecular formula is C10H13N3O2. The van der Waals surface area contributed by atoms with Crippen molar-refractivity contribution >= 4 is 5.76 Å². The zero-order valence-electron chi connectivity index (χ0n) is 8.51. The molecule has 2 rings (SSSR count). The van der Waals surface area contributed by atoms with E-state index in [1.54, 1.807) is 11.3 Å². The fraction of sp³-hybridized carbons (Fsp3) is 0.300. The van der Waals surface area contributed by atoms with Crippen molar-refractivity contribution in [3.8, 4) is 0 Å². The average Bonchev–Trinajstić information content (AvgIpc) is 2.67. The van der Waals surface area contributed by atoms with Crippen LogP contribution in [0.5, 0.6) is 0 Å². The number of aromatic nitrogens is 1. The summed E-state index contributed by atoms with van der Waals surface area (Å²) in [5.41, 5.74) is 1.76. The second-order valence-corrected chi connectivity index (χ2v) is 3.33. The molecule has 15 heavy (non-hydrogen) atoms. The first-order valence-electron chi connectivity index (χ1n) is 4.66. The molecule has 0 saturated carbocycles. The van der Waals surface area contributed by atoms with Gasteiger partial charge in [-0.15, -0.1) is 5.06 Å². The predicted octanol–water partition coefficient (Wildman–Crippen LogP) is 0.690. The van der Waals surface area contributed by atoms with Crippen molar-refractivity contribution < 1.29 is 9.68 Å². The first kappa shape index (κ1) is 10.1. The van der Waals surface area contributed by atoms with Gasteiger partial charge in [0.05, 0.1) is 13.2 Å². The summed E-state index contributed by atoms with van der Waals surface area (Å²) in [5, 5.41) is 1.74. The highest BCUT2D eigenvalue weighted by molar-refractivity contribution is 5.57. The summed E-state index contributed by atoms with van der Waals surface area (Å²) in [4.78, 5) is 14.2. The van der Waals surface area contributed by atoms with Gasteiger partial charge in [0.15, 0.2) is 5.76 Å². The lowest BCUT2D eigenvalue weighted by molar-refractivity contribution is -0.0343. The molecule has 5 heteroatoms. The van der Waals surface area contributed by atoms with Crippen molar-refractivity contribution in [2.45, 2.75) is 6.61 Å². The second-order valence-electron chi connectivity index (χ2n) is 3.33. The topological polar surface area (TPSA) is 60.6 Å². The lowest BCUT2D eigenvalue weighted by Gasteiger charge is -2.09. The largest absolute Gasteiger partial charge is 0.404 e. The summed E-state index contributed by atoms with van der Waals surface area (Å²) < 4.78 is 0. The van der Waals surface area contributed by atoms with Gasteiger partial charge in [-0.1, -0.05) is 6.07 Å². The Kier molecular flexibility index (Phi) is 2.96. The number of rotatable bonds is 3. The van der Waals surface area contributed by atoms with Crippen LogP contribution in [0.2, 0.25) is 0 Å². The zero-order chi connectivity index (χ0) is 10.7. The first-order valence-corrected chi connectivity index (χ1v) is 4.66. The molecule has 0 radical (unpaired) electrons. The van der Waals surface area contributed by atoms with Crippen LogP contribution in [0.1, 0.15) is 11.3 Å². The van der Waals surface area contributed by atoms with Crippen LogP contribution in [-0.2, 0) is 16.3 Å². The molecule has 0 amide bonds. The Labute approximate surface area is 88.0 Å². The average molecular weight is 207 g/mol. The summed E-state index contributed by atoms with van der Waals surface area (Å²) in [6.45, 7) is 1.15. The lowest BCUT2D eigenvalue weighted by atomic mass is 10.2. The molecule has 1 aliphatic heterocycles. The molecule has 0 aliphatic carbocycles. The Morgan fingerprint density at radius 2 is 2.47 bits per heavy atom. The van der Waals surface area contributed by atoms with Crippen LogP contribution in [0, 0.1) is 0 Å². The van der Waals surface area contributed by atoms with Crippen LogP contribution in [0.4, 0.5) is 0 Å². The SMILES string of the molecule is CN1CC=C(c2ccc(CON)cn2)O1. The molecule has 0 spiro atoms. The Hall–Kier alpha value is -1.43. The number of nitrogens with two attached hydrogens (primary N) is 1. The number of hydrogen-bond acceptors (Lipinski definition) is 5. The summed E-state index contributed by atoms with van der Waals surface area (Å²) in [6, 6.07) is 3.80. The Morgan fingerprint density at radius 3 is 3.00 bits per heavy atom. The van der Waals surface area contributed by atoms with Crippen LogP contribution >= 0.6 is 0 Å². The van der Waals surface area contributed by atoms with Crippen LogP contribution in [-0.4, -0.2) is 23.6 Å². The van der Waals surface area contributed by atoms with Crippen molar-refractivity contribution in [2.75, 3.05) is 13.6 Å². The molecule has 2 N–H and O–H groups in total. The lowest BCUT2D eigenvalue weighted by Crippen LogP contribution is -2.11. The highest BCUT2D eigenvalue weighted by Crippen LogP contribution is 2.19. The van der Waals surface area contributed by atoms with Gasteiger partial charge >= 0.3 is 0 Å². The number of hydrogen-bond donors (Lipinski definition) is 1. The molecular weight excluding hydrogens is 194 g/mol. The third kappa shape index (κ3) is 2.33. The standard InChI is InChI=1S/C10H13N3O2/c1-13-5-4-10(15-13)9-3-2-8(6-12-9)7-14-11/h2-4,6H,5,7,11H2,1H3. The molecule has 0 unspecified atom stereocenters. The van der Waals surface area contributed by atoms with E-state index in [9.17, 15) is 0 Å². The monoisotopic (exact) mass is 207 g/mol. The minimum absolute atomic E-state index is 0.368. The maximum Gasteiger partial charge on any atom is 0.170 e. The molecule has 0 fully saturated rings. The van der Waals surface area contributed by atoms with Crippen LogP contribution < -0.4 is 5.90 Å². The van der Waals surface area contributed by atoms with Gasteiger partial charge in [0, 0.05) is 13.2 Å². The van der Waals surface area contributed by atoms with E-state index in [0.717, 1.165) is 23.6 Å². The van der Waals surface area contributed by atoms with E-state index < -0.39 is 0 Å². The quantitative estimate of drug-likeness (QED) is 0.739. The Morgan fingerprint density at radius 1 is 1.60 bits per heavy atom. The van der Waals surface area contributed by atoms with E-state index in [2.05, 4.69) is 9.82 Å². The van der Waals surface area contributed by atoms with E-state index in [4.69, 9.17) is 10.7 Å². The third-order valence-corrected chi connectivity index (χ3v) is 2.12. The molecule has 0 aromatic carbocycles. The minimum Gasteiger partial charge on any atom is -0.404 e. The molecule has 80 valence electrons. The smallest absolute Gasteiger partial charge is 0.170 e. The van der Waals surface area contributed by atoms with Crippen molar-refractivity contribution in [1.29, 1.82) is 0 Å². The fourth-order valence-corrected chi connectivity index (χ4v) is 1.36. The number of likely N-dealkylation sites (N-methyl/N-ethyl adjacent to an activating group) is 1. The van der Waals surface area contributed by atoms with Gasteiger partial charge in [-0.3, -0.25) is 9.82 Å². The van der Waals surface area contributed by atoms with Gasteiger partial charge in [-0.05, 0) is 17.7 Å². The molecule has 5 nitrogen and oxygen atoms in total. The highest BCUT2D eigenvalue weighted by atomic mass is 16.7. The van der Waals surface area contributed by atoms with E-state index in [-0.39, 0.29) is 0 Å². The van der Waals surface area contributed by atoms with Crippen LogP contribution in [0.3, 0.4) is 0 Å². The number of nitrogens with zero attached hydrogens (tertiary/aromatic N) is 2. The summed E-state index contributed by atoms with van der Waals surface area (Å²) in [7, 11) is 1.88. The van der Waals surface area contributed by atoms with Crippen LogP contribution in [0.25, 0.3) is 5.76 Å². The van der Waals surface area contributed by atoms with Gasteiger partial charge in [0.1, 0.15) is 5.69 Å². The van der Waals surface area contributed by atoms with Crippen molar-refractivity contribution in [1.82, 2.24) is 10.0 Å². The van der Waals surface area contributed by atoms with E-state index >= 15 is 0 Å². The van der Waals surface area contributed by atoms with Crippen molar-refractivity contribution in [3.63, 3.8) is 0 Å². The summed E-state index contributed by atoms with van der Waals surface area (Å²) >= 11 is 0. The molecule has 0 atom stereocenters. The second kappa shape index (κ2) is 4.39. The van der Waals surface area contributed by atoms with Crippen molar-refractivity contribution in [3.05, 3.63) is 35.7 Å². The number of pyridine rings is 1. The van der Waals surface area contributed by atoms with Crippen molar-refractivity contribution in [2.24, 2.45) is 5.90 Å². The number of hydroxylamine groups is 2. The minimum atomic E-state index is 0.368. The molecule has 1 aromatic heterocycles. The van der Waals surface area contributed by atoms with Gasteiger partial charge in [0.25, 0.3) is 0 Å². The van der Waals surface area contributed by atoms with E-state index in [1.165, 1.54) is 0 Å². The Balaban J connectivity index is 2.10. The zero-order valence-corrected chi connectivity index (χ0v) is 8.51. The predicted molar refractivity (Wildman–Crippen MR) is 54.9 cm³/mol. The molecule has 0 saturated heterocycles. The van der Waals surface area contributed by atoms with Crippen LogP contribution in [0.15, 0.2) is 24.4 Å². The Bertz CT molecular complexity index is 361. The van der Waals surface area contributed by atoms with Gasteiger partial charge in [-0.25, -0.2) is 5.90 Å². The normalized spacial score (nSPS) is 16.3. The van der Waals surface area contributed by atoms with Gasteiger partial charge in [0.2, 0.25) is 0 Å². The fourth-order valence-electron chi connectivity index (χ4n) is 1.36. The maximum absolute atomic E-state index is 5.42. The molecule has 1 aromatic rings. The van der Waals surface area contributed by atoms with Gasteiger partial charge < -0.3 is 4.84 Å². The summed E-state index contributed by atoms with van der Waals surface area (Å²) in [5.74, 6) is 5.76. The molecule has 2 heterocycles. The van der Waals surface area contributed by atoms with Gasteiger partial charge in [-0.2, -0.15) is 0 Å². The van der Waals surface area contributed by atoms with E-state index in [1.807, 2.05) is 25.3 Å². The van der Waals surface area contributed by atoms with E-state index in [0.29, 0.717) is 6.61 Å².